The van der Waals surface area contributed by atoms with E-state index in [0.717, 1.165) is 43.6 Å². The Labute approximate surface area is 108 Å². The van der Waals surface area contributed by atoms with Gasteiger partial charge in [-0.2, -0.15) is 0 Å². The molecule has 1 unspecified atom stereocenters. The maximum atomic E-state index is 4.39. The van der Waals surface area contributed by atoms with Gasteiger partial charge in [-0.15, -0.1) is 0 Å². The summed E-state index contributed by atoms with van der Waals surface area (Å²) in [5.41, 5.74) is 0. The topological polar surface area (TPSA) is 65.1 Å². The summed E-state index contributed by atoms with van der Waals surface area (Å²) in [5, 5.41) is 9.84. The molecule has 0 spiro atoms. The standard InChI is InChI=1S/C12H22N6/c1-9-16-11(13-2)6-12(17-9)15-8-10-7-14-4-5-18(10)3/h6,10,14H,4-5,7-8H2,1-3H3,(H2,13,15,16,17). The first-order valence-corrected chi connectivity index (χ1v) is 6.37. The molecule has 1 atom stereocenters. The zero-order valence-corrected chi connectivity index (χ0v) is 11.3. The van der Waals surface area contributed by atoms with Crippen LogP contribution in [0, 0.1) is 6.92 Å². The molecule has 6 nitrogen and oxygen atoms in total. The van der Waals surface area contributed by atoms with Crippen LogP contribution in [-0.4, -0.2) is 61.2 Å². The Morgan fingerprint density at radius 1 is 1.44 bits per heavy atom. The Bertz CT molecular complexity index is 394. The Morgan fingerprint density at radius 2 is 2.22 bits per heavy atom. The summed E-state index contributed by atoms with van der Waals surface area (Å²) in [6.45, 7) is 5.98. The molecule has 3 N–H and O–H groups in total. The summed E-state index contributed by atoms with van der Waals surface area (Å²) in [6, 6.07) is 2.44. The molecule has 100 valence electrons. The van der Waals surface area contributed by atoms with Gasteiger partial charge in [-0.05, 0) is 14.0 Å². The predicted molar refractivity (Wildman–Crippen MR) is 74.1 cm³/mol. The van der Waals surface area contributed by atoms with Crippen LogP contribution in [0.25, 0.3) is 0 Å². The number of nitrogens with one attached hydrogen (secondary N) is 3. The second-order valence-electron chi connectivity index (χ2n) is 4.66. The van der Waals surface area contributed by atoms with Crippen LogP contribution in [0.15, 0.2) is 6.07 Å². The molecule has 1 aromatic heterocycles. The van der Waals surface area contributed by atoms with E-state index in [9.17, 15) is 0 Å². The minimum absolute atomic E-state index is 0.507. The lowest BCUT2D eigenvalue weighted by molar-refractivity contribution is 0.209. The highest BCUT2D eigenvalue weighted by Crippen LogP contribution is 2.11. The van der Waals surface area contributed by atoms with Crippen molar-refractivity contribution in [1.82, 2.24) is 20.2 Å². The minimum Gasteiger partial charge on any atom is -0.373 e. The molecule has 0 aliphatic carbocycles. The van der Waals surface area contributed by atoms with E-state index >= 15 is 0 Å². The maximum Gasteiger partial charge on any atom is 0.131 e. The molecule has 1 aliphatic heterocycles. The Hall–Kier alpha value is -1.40. The fourth-order valence-electron chi connectivity index (χ4n) is 2.10. The first-order chi connectivity index (χ1) is 8.69. The molecule has 1 aliphatic rings. The quantitative estimate of drug-likeness (QED) is 0.706. The van der Waals surface area contributed by atoms with Gasteiger partial charge in [0.1, 0.15) is 17.5 Å². The molecule has 0 aromatic carbocycles. The van der Waals surface area contributed by atoms with Crippen molar-refractivity contribution in [3.63, 3.8) is 0 Å². The van der Waals surface area contributed by atoms with Crippen molar-refractivity contribution >= 4 is 11.6 Å². The average molecular weight is 250 g/mol. The van der Waals surface area contributed by atoms with E-state index in [1.54, 1.807) is 0 Å². The van der Waals surface area contributed by atoms with E-state index in [-0.39, 0.29) is 0 Å². The lowest BCUT2D eigenvalue weighted by Gasteiger charge is -2.33. The second kappa shape index (κ2) is 5.97. The molecule has 0 radical (unpaired) electrons. The summed E-state index contributed by atoms with van der Waals surface area (Å²) in [7, 11) is 4.03. The Morgan fingerprint density at radius 3 is 2.94 bits per heavy atom. The highest BCUT2D eigenvalue weighted by atomic mass is 15.2. The predicted octanol–water partition coefficient (Wildman–Crippen LogP) is 0.142. The second-order valence-corrected chi connectivity index (χ2v) is 4.66. The first-order valence-electron chi connectivity index (χ1n) is 6.37. The summed E-state index contributed by atoms with van der Waals surface area (Å²) in [5.74, 6) is 2.51. The van der Waals surface area contributed by atoms with Crippen LogP contribution in [-0.2, 0) is 0 Å². The van der Waals surface area contributed by atoms with Crippen LogP contribution in [0.5, 0.6) is 0 Å². The van der Waals surface area contributed by atoms with E-state index in [0.29, 0.717) is 6.04 Å². The average Bonchev–Trinajstić information content (AvgIpc) is 2.37. The van der Waals surface area contributed by atoms with Crippen molar-refractivity contribution in [2.45, 2.75) is 13.0 Å². The van der Waals surface area contributed by atoms with Crippen molar-refractivity contribution in [3.05, 3.63) is 11.9 Å². The number of aryl methyl sites for hydroxylation is 1. The third kappa shape index (κ3) is 3.30. The Kier molecular flexibility index (Phi) is 4.33. The number of rotatable bonds is 4. The molecule has 6 heteroatoms. The Balaban J connectivity index is 1.94. The molecule has 1 aromatic rings. The molecular formula is C12H22N6. The van der Waals surface area contributed by atoms with Crippen LogP contribution in [0.1, 0.15) is 5.82 Å². The molecule has 1 saturated heterocycles. The van der Waals surface area contributed by atoms with Gasteiger partial charge in [0.2, 0.25) is 0 Å². The fourth-order valence-corrected chi connectivity index (χ4v) is 2.10. The van der Waals surface area contributed by atoms with Gasteiger partial charge in [-0.3, -0.25) is 4.90 Å². The molecule has 0 bridgehead atoms. The third-order valence-corrected chi connectivity index (χ3v) is 3.26. The number of likely N-dealkylation sites (N-methyl/N-ethyl adjacent to an activating group) is 1. The minimum atomic E-state index is 0.507. The zero-order chi connectivity index (χ0) is 13.0. The van der Waals surface area contributed by atoms with E-state index in [4.69, 9.17) is 0 Å². The van der Waals surface area contributed by atoms with Crippen molar-refractivity contribution in [3.8, 4) is 0 Å². The van der Waals surface area contributed by atoms with Crippen LogP contribution in [0.4, 0.5) is 11.6 Å². The third-order valence-electron chi connectivity index (χ3n) is 3.26. The summed E-state index contributed by atoms with van der Waals surface area (Å²) >= 11 is 0. The lowest BCUT2D eigenvalue weighted by Crippen LogP contribution is -2.52. The van der Waals surface area contributed by atoms with Crippen molar-refractivity contribution in [2.24, 2.45) is 0 Å². The molecule has 0 amide bonds. The van der Waals surface area contributed by atoms with Gasteiger partial charge in [0.05, 0.1) is 0 Å². The number of hydrogen-bond acceptors (Lipinski definition) is 6. The smallest absolute Gasteiger partial charge is 0.131 e. The van der Waals surface area contributed by atoms with Gasteiger partial charge in [0, 0.05) is 45.3 Å². The molecule has 2 rings (SSSR count). The normalized spacial score (nSPS) is 20.7. The van der Waals surface area contributed by atoms with Crippen molar-refractivity contribution in [2.75, 3.05) is 50.9 Å². The monoisotopic (exact) mass is 250 g/mol. The fraction of sp³-hybridized carbons (Fsp3) is 0.667. The van der Waals surface area contributed by atoms with Gasteiger partial charge in [0.15, 0.2) is 0 Å². The van der Waals surface area contributed by atoms with E-state index in [1.807, 2.05) is 20.0 Å². The van der Waals surface area contributed by atoms with E-state index in [1.165, 1.54) is 0 Å². The highest BCUT2D eigenvalue weighted by Gasteiger charge is 2.18. The molecular weight excluding hydrogens is 228 g/mol. The number of hydrogen-bond donors (Lipinski definition) is 3. The van der Waals surface area contributed by atoms with Crippen molar-refractivity contribution < 1.29 is 0 Å². The van der Waals surface area contributed by atoms with Crippen molar-refractivity contribution in [1.29, 1.82) is 0 Å². The molecule has 2 heterocycles. The van der Waals surface area contributed by atoms with Gasteiger partial charge < -0.3 is 16.0 Å². The van der Waals surface area contributed by atoms with Crippen LogP contribution in [0.2, 0.25) is 0 Å². The molecule has 18 heavy (non-hydrogen) atoms. The maximum absolute atomic E-state index is 4.39. The number of piperazine rings is 1. The number of anilines is 2. The van der Waals surface area contributed by atoms with Gasteiger partial charge in [0.25, 0.3) is 0 Å². The van der Waals surface area contributed by atoms with Gasteiger partial charge in [-0.1, -0.05) is 0 Å². The van der Waals surface area contributed by atoms with Crippen LogP contribution < -0.4 is 16.0 Å². The highest BCUT2D eigenvalue weighted by molar-refractivity contribution is 5.47. The summed E-state index contributed by atoms with van der Waals surface area (Å²) in [4.78, 5) is 11.0. The lowest BCUT2D eigenvalue weighted by atomic mass is 10.2. The SMILES string of the molecule is CNc1cc(NCC2CNCCN2C)nc(C)n1. The number of nitrogens with zero attached hydrogens (tertiary/aromatic N) is 3. The van der Waals surface area contributed by atoms with Crippen LogP contribution >= 0.6 is 0 Å². The first kappa shape index (κ1) is 13.0. The van der Waals surface area contributed by atoms with E-state index < -0.39 is 0 Å². The zero-order valence-electron chi connectivity index (χ0n) is 11.3. The van der Waals surface area contributed by atoms with Crippen LogP contribution in [0.3, 0.4) is 0 Å². The van der Waals surface area contributed by atoms with E-state index in [2.05, 4.69) is 37.9 Å². The van der Waals surface area contributed by atoms with Gasteiger partial charge >= 0.3 is 0 Å². The summed E-state index contributed by atoms with van der Waals surface area (Å²) < 4.78 is 0. The molecule has 1 fully saturated rings. The largest absolute Gasteiger partial charge is 0.373 e. The number of aromatic nitrogens is 2. The summed E-state index contributed by atoms with van der Waals surface area (Å²) in [6.07, 6.45) is 0. The molecule has 0 saturated carbocycles. The van der Waals surface area contributed by atoms with Gasteiger partial charge in [-0.25, -0.2) is 9.97 Å².